The Balaban J connectivity index is 1.72. The highest BCUT2D eigenvalue weighted by atomic mass is 35.5. The Morgan fingerprint density at radius 1 is 1.07 bits per heavy atom. The first-order chi connectivity index (χ1) is 13.1. The maximum atomic E-state index is 12.3. The van der Waals surface area contributed by atoms with Gasteiger partial charge in [0.25, 0.3) is 5.91 Å². The summed E-state index contributed by atoms with van der Waals surface area (Å²) in [7, 11) is 0. The predicted molar refractivity (Wildman–Crippen MR) is 108 cm³/mol. The van der Waals surface area contributed by atoms with Gasteiger partial charge in [-0.05, 0) is 41.5 Å². The first-order valence-corrected chi connectivity index (χ1v) is 9.22. The molecule has 4 aromatic rings. The summed E-state index contributed by atoms with van der Waals surface area (Å²) in [6.07, 6.45) is 3.43. The number of carbonyl (C=O) groups excluding carboxylic acids is 1. The summed E-state index contributed by atoms with van der Waals surface area (Å²) in [6, 6.07) is 16.8. The maximum Gasteiger partial charge on any atom is 0.287 e. The Morgan fingerprint density at radius 3 is 2.70 bits per heavy atom. The number of halogens is 2. The molecule has 6 heteroatoms. The van der Waals surface area contributed by atoms with E-state index in [9.17, 15) is 4.79 Å². The molecule has 0 fully saturated rings. The molecule has 0 aliphatic heterocycles. The van der Waals surface area contributed by atoms with E-state index in [0.29, 0.717) is 16.6 Å². The van der Waals surface area contributed by atoms with Gasteiger partial charge in [0.2, 0.25) is 0 Å². The molecule has 1 atom stereocenters. The van der Waals surface area contributed by atoms with Crippen molar-refractivity contribution in [3.8, 4) is 0 Å². The summed E-state index contributed by atoms with van der Waals surface area (Å²) in [6.45, 7) is 0.364. The number of furan rings is 1. The van der Waals surface area contributed by atoms with Gasteiger partial charge in [0.05, 0.1) is 6.26 Å². The van der Waals surface area contributed by atoms with Crippen LogP contribution in [0.3, 0.4) is 0 Å². The van der Waals surface area contributed by atoms with Crippen LogP contribution >= 0.6 is 23.2 Å². The molecular weight excluding hydrogens is 383 g/mol. The van der Waals surface area contributed by atoms with Gasteiger partial charge >= 0.3 is 0 Å². The van der Waals surface area contributed by atoms with Crippen molar-refractivity contribution < 1.29 is 9.21 Å². The average Bonchev–Trinajstić information content (AvgIpc) is 3.33. The number of hydrogen-bond acceptors (Lipinski definition) is 2. The van der Waals surface area contributed by atoms with Gasteiger partial charge in [-0.25, -0.2) is 0 Å². The first-order valence-electron chi connectivity index (χ1n) is 8.46. The van der Waals surface area contributed by atoms with Crippen molar-refractivity contribution in [1.82, 2.24) is 10.3 Å². The smallest absolute Gasteiger partial charge is 0.287 e. The minimum Gasteiger partial charge on any atom is -0.459 e. The molecule has 2 heterocycles. The molecule has 1 unspecified atom stereocenters. The SMILES string of the molecule is O=C(NCC(c1ccc(Cl)cc1Cl)c1c[nH]c2ccccc12)c1ccco1. The van der Waals surface area contributed by atoms with Gasteiger partial charge in [-0.1, -0.05) is 47.5 Å². The van der Waals surface area contributed by atoms with E-state index in [1.807, 2.05) is 36.5 Å². The first kappa shape index (κ1) is 17.7. The molecule has 0 bridgehead atoms. The van der Waals surface area contributed by atoms with Crippen LogP contribution in [0.2, 0.25) is 10.0 Å². The Morgan fingerprint density at radius 2 is 1.93 bits per heavy atom. The number of para-hydroxylation sites is 1. The second kappa shape index (κ2) is 7.51. The zero-order chi connectivity index (χ0) is 18.8. The van der Waals surface area contributed by atoms with Crippen molar-refractivity contribution in [1.29, 1.82) is 0 Å². The largest absolute Gasteiger partial charge is 0.459 e. The lowest BCUT2D eigenvalue weighted by Gasteiger charge is -2.19. The van der Waals surface area contributed by atoms with Gasteiger partial charge in [-0.15, -0.1) is 0 Å². The molecule has 2 aromatic carbocycles. The van der Waals surface area contributed by atoms with Crippen molar-refractivity contribution in [2.24, 2.45) is 0 Å². The van der Waals surface area contributed by atoms with E-state index >= 15 is 0 Å². The number of hydrogen-bond donors (Lipinski definition) is 2. The highest BCUT2D eigenvalue weighted by Gasteiger charge is 2.22. The van der Waals surface area contributed by atoms with Gasteiger partial charge in [-0.3, -0.25) is 4.79 Å². The van der Waals surface area contributed by atoms with Crippen LogP contribution in [-0.4, -0.2) is 17.4 Å². The summed E-state index contributed by atoms with van der Waals surface area (Å²) in [5, 5.41) is 5.15. The summed E-state index contributed by atoms with van der Waals surface area (Å²) in [5.41, 5.74) is 2.97. The standard InChI is InChI=1S/C21H16Cl2N2O2/c22-13-7-8-14(18(23)10-13)16(12-25-21(26)20-6-3-9-27-20)17-11-24-19-5-2-1-4-15(17)19/h1-11,16,24H,12H2,(H,25,26). The Kier molecular flexibility index (Phi) is 4.92. The Labute approximate surface area is 166 Å². The topological polar surface area (TPSA) is 58.0 Å². The molecule has 27 heavy (non-hydrogen) atoms. The van der Waals surface area contributed by atoms with Crippen LogP contribution in [0.1, 0.15) is 27.6 Å². The van der Waals surface area contributed by atoms with Crippen molar-refractivity contribution >= 4 is 40.0 Å². The van der Waals surface area contributed by atoms with Gasteiger partial charge in [0, 0.05) is 39.6 Å². The van der Waals surface area contributed by atoms with E-state index in [2.05, 4.69) is 10.3 Å². The van der Waals surface area contributed by atoms with Crippen LogP contribution in [0.25, 0.3) is 10.9 Å². The van der Waals surface area contributed by atoms with Crippen LogP contribution in [-0.2, 0) is 0 Å². The number of nitrogens with one attached hydrogen (secondary N) is 2. The molecule has 0 aliphatic rings. The molecule has 2 N–H and O–H groups in total. The normalized spacial score (nSPS) is 12.2. The third kappa shape index (κ3) is 3.59. The fourth-order valence-electron chi connectivity index (χ4n) is 3.24. The van der Waals surface area contributed by atoms with Crippen molar-refractivity contribution in [3.63, 3.8) is 0 Å². The number of aromatic nitrogens is 1. The molecule has 2 aromatic heterocycles. The van der Waals surface area contributed by atoms with Crippen LogP contribution in [0.15, 0.2) is 71.5 Å². The highest BCUT2D eigenvalue weighted by Crippen LogP contribution is 2.35. The fraction of sp³-hybridized carbons (Fsp3) is 0.0952. The second-order valence-electron chi connectivity index (χ2n) is 6.20. The van der Waals surface area contributed by atoms with Gasteiger partial charge in [-0.2, -0.15) is 0 Å². The number of aromatic amines is 1. The van der Waals surface area contributed by atoms with Crippen LogP contribution < -0.4 is 5.32 Å². The molecule has 0 aliphatic carbocycles. The highest BCUT2D eigenvalue weighted by molar-refractivity contribution is 6.35. The van der Waals surface area contributed by atoms with Crippen molar-refractivity contribution in [3.05, 3.63) is 94.0 Å². The summed E-state index contributed by atoms with van der Waals surface area (Å²) >= 11 is 12.5. The molecule has 4 nitrogen and oxygen atoms in total. The van der Waals surface area contributed by atoms with E-state index < -0.39 is 0 Å². The number of fused-ring (bicyclic) bond motifs is 1. The lowest BCUT2D eigenvalue weighted by molar-refractivity contribution is 0.0925. The zero-order valence-corrected chi connectivity index (χ0v) is 15.7. The molecule has 0 saturated carbocycles. The van der Waals surface area contributed by atoms with E-state index in [4.69, 9.17) is 27.6 Å². The average molecular weight is 399 g/mol. The Hall–Kier alpha value is -2.69. The van der Waals surface area contributed by atoms with Gasteiger partial charge in [0.15, 0.2) is 5.76 Å². The predicted octanol–water partition coefficient (Wildman–Crippen LogP) is 5.63. The summed E-state index contributed by atoms with van der Waals surface area (Å²) in [5.74, 6) is -0.144. The molecule has 4 rings (SSSR count). The third-order valence-electron chi connectivity index (χ3n) is 4.55. The second-order valence-corrected chi connectivity index (χ2v) is 7.04. The van der Waals surface area contributed by atoms with E-state index in [0.717, 1.165) is 22.0 Å². The number of carbonyl (C=O) groups is 1. The van der Waals surface area contributed by atoms with Crippen molar-refractivity contribution in [2.45, 2.75) is 5.92 Å². The van der Waals surface area contributed by atoms with E-state index in [1.54, 1.807) is 24.3 Å². The monoisotopic (exact) mass is 398 g/mol. The van der Waals surface area contributed by atoms with Crippen LogP contribution in [0.4, 0.5) is 0 Å². The molecule has 0 radical (unpaired) electrons. The fourth-order valence-corrected chi connectivity index (χ4v) is 3.78. The lowest BCUT2D eigenvalue weighted by Crippen LogP contribution is -2.28. The minimum atomic E-state index is -0.269. The maximum absolute atomic E-state index is 12.3. The van der Waals surface area contributed by atoms with E-state index in [1.165, 1.54) is 6.26 Å². The summed E-state index contributed by atoms with van der Waals surface area (Å²) < 4.78 is 5.17. The van der Waals surface area contributed by atoms with Crippen LogP contribution in [0.5, 0.6) is 0 Å². The van der Waals surface area contributed by atoms with Crippen molar-refractivity contribution in [2.75, 3.05) is 6.54 Å². The third-order valence-corrected chi connectivity index (χ3v) is 5.11. The van der Waals surface area contributed by atoms with E-state index in [-0.39, 0.29) is 17.6 Å². The molecule has 0 saturated heterocycles. The molecule has 1 amide bonds. The molecular formula is C21H16Cl2N2O2. The van der Waals surface area contributed by atoms with Crippen LogP contribution in [0, 0.1) is 0 Å². The zero-order valence-electron chi connectivity index (χ0n) is 14.2. The Bertz CT molecular complexity index is 1090. The molecule has 136 valence electrons. The van der Waals surface area contributed by atoms with Gasteiger partial charge in [0.1, 0.15) is 0 Å². The number of amides is 1. The number of benzene rings is 2. The quantitative estimate of drug-likeness (QED) is 0.457. The minimum absolute atomic E-state index is 0.148. The molecule has 0 spiro atoms. The summed E-state index contributed by atoms with van der Waals surface area (Å²) in [4.78, 5) is 15.6. The number of rotatable bonds is 5. The number of H-pyrrole nitrogens is 1. The lowest BCUT2D eigenvalue weighted by atomic mass is 9.90. The van der Waals surface area contributed by atoms with Gasteiger partial charge < -0.3 is 14.7 Å².